The summed E-state index contributed by atoms with van der Waals surface area (Å²) < 4.78 is 0. The van der Waals surface area contributed by atoms with Gasteiger partial charge in [0.2, 0.25) is 0 Å². The molecule has 0 heterocycles. The number of urea groups is 1. The zero-order chi connectivity index (χ0) is 10.6. The summed E-state index contributed by atoms with van der Waals surface area (Å²) >= 11 is 0. The minimum atomic E-state index is -0.351. The number of hydrogen-bond donors (Lipinski definition) is 3. The molecular formula is C10H13N3O. The van der Waals surface area contributed by atoms with Gasteiger partial charge in [-0.1, -0.05) is 12.6 Å². The van der Waals surface area contributed by atoms with Gasteiger partial charge in [0, 0.05) is 0 Å². The van der Waals surface area contributed by atoms with Gasteiger partial charge in [0.1, 0.15) is 0 Å². The van der Waals surface area contributed by atoms with Crippen LogP contribution >= 0.6 is 0 Å². The van der Waals surface area contributed by atoms with Crippen LogP contribution < -0.4 is 16.4 Å². The van der Waals surface area contributed by atoms with Gasteiger partial charge in [-0.2, -0.15) is 0 Å². The van der Waals surface area contributed by atoms with Gasteiger partial charge in [-0.3, -0.25) is 0 Å². The fourth-order valence-electron chi connectivity index (χ4n) is 1.05. The highest BCUT2D eigenvalue weighted by Gasteiger charge is 2.02. The average Bonchev–Trinajstić information content (AvgIpc) is 2.10. The Labute approximate surface area is 82.8 Å². The molecule has 0 saturated heterocycles. The second-order valence-electron chi connectivity index (χ2n) is 2.89. The summed E-state index contributed by atoms with van der Waals surface area (Å²) in [5, 5.41) is 4.99. The van der Waals surface area contributed by atoms with Crippen molar-refractivity contribution in [1.82, 2.24) is 5.32 Å². The van der Waals surface area contributed by atoms with Crippen molar-refractivity contribution in [2.75, 3.05) is 11.1 Å². The van der Waals surface area contributed by atoms with Gasteiger partial charge in [-0.05, 0) is 30.8 Å². The Bertz CT molecular complexity index is 360. The van der Waals surface area contributed by atoms with E-state index in [1.165, 1.54) is 6.20 Å². The quantitative estimate of drug-likeness (QED) is 0.624. The molecule has 0 saturated carbocycles. The summed E-state index contributed by atoms with van der Waals surface area (Å²) in [5.74, 6) is 0. The third-order valence-corrected chi connectivity index (χ3v) is 1.69. The first kappa shape index (κ1) is 10.1. The molecule has 0 fully saturated rings. The second kappa shape index (κ2) is 4.32. The zero-order valence-corrected chi connectivity index (χ0v) is 8.00. The standard InChI is InChI=1S/C10H13N3O/c1-3-12-10(14)13-9-5-4-7(2)6-8(9)11/h3-6H,1,11H2,2H3,(H2,12,13,14). The van der Waals surface area contributed by atoms with Gasteiger partial charge >= 0.3 is 6.03 Å². The van der Waals surface area contributed by atoms with Crippen LogP contribution in [0.2, 0.25) is 0 Å². The van der Waals surface area contributed by atoms with E-state index in [9.17, 15) is 4.79 Å². The summed E-state index contributed by atoms with van der Waals surface area (Å²) in [7, 11) is 0. The molecule has 74 valence electrons. The Kier molecular flexibility index (Phi) is 3.12. The molecule has 0 bridgehead atoms. The number of nitrogens with one attached hydrogen (secondary N) is 2. The van der Waals surface area contributed by atoms with Crippen molar-refractivity contribution < 1.29 is 4.79 Å². The molecule has 0 aliphatic heterocycles. The summed E-state index contributed by atoms with van der Waals surface area (Å²) in [5.41, 5.74) is 7.89. The minimum absolute atomic E-state index is 0.351. The van der Waals surface area contributed by atoms with Crippen molar-refractivity contribution in [3.05, 3.63) is 36.5 Å². The Morgan fingerprint density at radius 2 is 2.29 bits per heavy atom. The van der Waals surface area contributed by atoms with E-state index in [2.05, 4.69) is 17.2 Å². The highest BCUT2D eigenvalue weighted by Crippen LogP contribution is 2.18. The lowest BCUT2D eigenvalue weighted by Crippen LogP contribution is -2.23. The van der Waals surface area contributed by atoms with Crippen molar-refractivity contribution in [2.24, 2.45) is 0 Å². The van der Waals surface area contributed by atoms with Crippen LogP contribution in [0.4, 0.5) is 16.2 Å². The number of benzene rings is 1. The Balaban J connectivity index is 2.76. The van der Waals surface area contributed by atoms with Gasteiger partial charge in [0.25, 0.3) is 0 Å². The average molecular weight is 191 g/mol. The van der Waals surface area contributed by atoms with Crippen molar-refractivity contribution in [3.63, 3.8) is 0 Å². The molecule has 2 amide bonds. The molecule has 14 heavy (non-hydrogen) atoms. The van der Waals surface area contributed by atoms with Gasteiger partial charge in [0.15, 0.2) is 0 Å². The Morgan fingerprint density at radius 1 is 1.57 bits per heavy atom. The molecule has 0 atom stereocenters. The summed E-state index contributed by atoms with van der Waals surface area (Å²) in [6.45, 7) is 5.31. The van der Waals surface area contributed by atoms with Crippen LogP contribution in [0.15, 0.2) is 31.0 Å². The molecule has 0 aromatic heterocycles. The molecule has 4 nitrogen and oxygen atoms in total. The van der Waals surface area contributed by atoms with E-state index >= 15 is 0 Å². The van der Waals surface area contributed by atoms with E-state index in [0.717, 1.165) is 5.56 Å². The SMILES string of the molecule is C=CNC(=O)Nc1ccc(C)cc1N. The number of carbonyl (C=O) groups is 1. The molecule has 4 heteroatoms. The predicted molar refractivity (Wildman–Crippen MR) is 57.9 cm³/mol. The lowest BCUT2D eigenvalue weighted by Gasteiger charge is -2.07. The molecule has 0 radical (unpaired) electrons. The van der Waals surface area contributed by atoms with E-state index in [1.54, 1.807) is 12.1 Å². The van der Waals surface area contributed by atoms with Crippen LogP contribution in [0.25, 0.3) is 0 Å². The number of nitrogen functional groups attached to an aromatic ring is 1. The monoisotopic (exact) mass is 191 g/mol. The highest BCUT2D eigenvalue weighted by atomic mass is 16.2. The van der Waals surface area contributed by atoms with Crippen molar-refractivity contribution >= 4 is 17.4 Å². The smallest absolute Gasteiger partial charge is 0.323 e. The van der Waals surface area contributed by atoms with E-state index < -0.39 is 0 Å². The first-order chi connectivity index (χ1) is 6.63. The zero-order valence-electron chi connectivity index (χ0n) is 8.00. The van der Waals surface area contributed by atoms with Gasteiger partial charge in [0.05, 0.1) is 11.4 Å². The van der Waals surface area contributed by atoms with Crippen molar-refractivity contribution in [2.45, 2.75) is 6.92 Å². The summed E-state index contributed by atoms with van der Waals surface area (Å²) in [4.78, 5) is 11.1. The maximum Gasteiger partial charge on any atom is 0.323 e. The third kappa shape index (κ3) is 2.52. The minimum Gasteiger partial charge on any atom is -0.397 e. The van der Waals surface area contributed by atoms with E-state index in [-0.39, 0.29) is 6.03 Å². The molecule has 1 aromatic carbocycles. The predicted octanol–water partition coefficient (Wildman–Crippen LogP) is 1.84. The van der Waals surface area contributed by atoms with Crippen LogP contribution in [0.3, 0.4) is 0 Å². The first-order valence-corrected chi connectivity index (χ1v) is 4.18. The molecular weight excluding hydrogens is 178 g/mol. The molecule has 0 aliphatic carbocycles. The van der Waals surface area contributed by atoms with Crippen LogP contribution in [0.1, 0.15) is 5.56 Å². The molecule has 4 N–H and O–H groups in total. The number of nitrogens with two attached hydrogens (primary N) is 1. The molecule has 0 spiro atoms. The molecule has 0 unspecified atom stereocenters. The maximum absolute atomic E-state index is 11.1. The lowest BCUT2D eigenvalue weighted by molar-refractivity contribution is 0.255. The molecule has 1 aromatic rings. The fraction of sp³-hybridized carbons (Fsp3) is 0.100. The topological polar surface area (TPSA) is 67.2 Å². The lowest BCUT2D eigenvalue weighted by atomic mass is 10.2. The van der Waals surface area contributed by atoms with Crippen molar-refractivity contribution in [3.8, 4) is 0 Å². The van der Waals surface area contributed by atoms with Gasteiger partial charge in [-0.15, -0.1) is 0 Å². The normalized spacial score (nSPS) is 9.21. The molecule has 1 rings (SSSR count). The second-order valence-corrected chi connectivity index (χ2v) is 2.89. The van der Waals surface area contributed by atoms with Crippen molar-refractivity contribution in [1.29, 1.82) is 0 Å². The summed E-state index contributed by atoms with van der Waals surface area (Å²) in [6, 6.07) is 5.08. The number of aryl methyl sites for hydroxylation is 1. The van der Waals surface area contributed by atoms with E-state index in [4.69, 9.17) is 5.73 Å². The molecule has 0 aliphatic rings. The van der Waals surface area contributed by atoms with Gasteiger partial charge < -0.3 is 16.4 Å². The van der Waals surface area contributed by atoms with Crippen LogP contribution in [0.5, 0.6) is 0 Å². The van der Waals surface area contributed by atoms with Gasteiger partial charge in [-0.25, -0.2) is 4.79 Å². The number of carbonyl (C=O) groups excluding carboxylic acids is 1. The fourth-order valence-corrected chi connectivity index (χ4v) is 1.05. The van der Waals surface area contributed by atoms with Crippen LogP contribution in [0, 0.1) is 6.92 Å². The number of anilines is 2. The largest absolute Gasteiger partial charge is 0.397 e. The van der Waals surface area contributed by atoms with Crippen LogP contribution in [-0.4, -0.2) is 6.03 Å². The first-order valence-electron chi connectivity index (χ1n) is 4.18. The van der Waals surface area contributed by atoms with E-state index in [1.807, 2.05) is 13.0 Å². The maximum atomic E-state index is 11.1. The number of amides is 2. The number of hydrogen-bond acceptors (Lipinski definition) is 2. The summed E-state index contributed by atoms with van der Waals surface area (Å²) in [6.07, 6.45) is 1.31. The highest BCUT2D eigenvalue weighted by molar-refractivity contribution is 5.93. The number of rotatable bonds is 2. The van der Waals surface area contributed by atoms with E-state index in [0.29, 0.717) is 11.4 Å². The third-order valence-electron chi connectivity index (χ3n) is 1.69. The Morgan fingerprint density at radius 3 is 2.86 bits per heavy atom. The van der Waals surface area contributed by atoms with Crippen LogP contribution in [-0.2, 0) is 0 Å². The Hall–Kier alpha value is -1.97.